The number of piperidine rings is 1. The van der Waals surface area contributed by atoms with Crippen LogP contribution in [0.2, 0.25) is 0 Å². The molecule has 2 heteroatoms. The van der Waals surface area contributed by atoms with Gasteiger partial charge >= 0.3 is 0 Å². The molecular weight excluding hydrogens is 165 g/mol. The molecule has 0 aromatic heterocycles. The molecule has 0 spiro atoms. The minimum absolute atomic E-state index is 0.253. The quantitative estimate of drug-likeness (QED) is 0.598. The summed E-state index contributed by atoms with van der Waals surface area (Å²) in [5.74, 6) is 0.253. The monoisotopic (exact) mass is 185 g/mol. The fourth-order valence-corrected chi connectivity index (χ4v) is 1.56. The van der Waals surface area contributed by atoms with Crippen LogP contribution in [0.4, 0.5) is 4.39 Å². The fraction of sp³-hybridized carbons (Fsp3) is 0.818. The first-order valence-electron chi connectivity index (χ1n) is 5.09. The van der Waals surface area contributed by atoms with Crippen LogP contribution in [0.1, 0.15) is 27.2 Å². The van der Waals surface area contributed by atoms with Gasteiger partial charge in [-0.1, -0.05) is 18.6 Å². The number of hydrogen-bond donors (Lipinski definition) is 0. The van der Waals surface area contributed by atoms with Crippen LogP contribution >= 0.6 is 0 Å². The summed E-state index contributed by atoms with van der Waals surface area (Å²) in [6.07, 6.45) is 2.54. The summed E-state index contributed by atoms with van der Waals surface area (Å²) in [6.45, 7) is 8.74. The second-order valence-electron chi connectivity index (χ2n) is 4.32. The van der Waals surface area contributed by atoms with E-state index in [2.05, 4.69) is 24.8 Å². The standard InChI is InChI=1S/C11H20FN/c1-9(2)4-6-13-7-5-10(3)11(12)8-13/h4,10-11H,5-8H2,1-3H3. The zero-order valence-corrected chi connectivity index (χ0v) is 8.89. The molecule has 2 atom stereocenters. The van der Waals surface area contributed by atoms with E-state index in [4.69, 9.17) is 0 Å². The number of alkyl halides is 1. The van der Waals surface area contributed by atoms with Crippen molar-refractivity contribution >= 4 is 0 Å². The van der Waals surface area contributed by atoms with E-state index in [0.717, 1.165) is 19.5 Å². The molecule has 1 fully saturated rings. The van der Waals surface area contributed by atoms with Gasteiger partial charge in [-0.2, -0.15) is 0 Å². The molecule has 13 heavy (non-hydrogen) atoms. The van der Waals surface area contributed by atoms with Gasteiger partial charge in [0.05, 0.1) is 0 Å². The van der Waals surface area contributed by atoms with Gasteiger partial charge in [-0.3, -0.25) is 4.90 Å². The van der Waals surface area contributed by atoms with E-state index in [1.54, 1.807) is 0 Å². The highest BCUT2D eigenvalue weighted by atomic mass is 19.1. The van der Waals surface area contributed by atoms with Crippen LogP contribution in [-0.2, 0) is 0 Å². The van der Waals surface area contributed by atoms with Crippen molar-refractivity contribution in [3.8, 4) is 0 Å². The Kier molecular flexibility index (Phi) is 3.91. The van der Waals surface area contributed by atoms with Crippen molar-refractivity contribution in [1.29, 1.82) is 0 Å². The smallest absolute Gasteiger partial charge is 0.115 e. The Hall–Kier alpha value is -0.370. The molecule has 0 amide bonds. The van der Waals surface area contributed by atoms with Gasteiger partial charge in [0.25, 0.3) is 0 Å². The average Bonchev–Trinajstić information content (AvgIpc) is 2.07. The van der Waals surface area contributed by atoms with Crippen molar-refractivity contribution in [3.63, 3.8) is 0 Å². The van der Waals surface area contributed by atoms with Crippen molar-refractivity contribution in [1.82, 2.24) is 4.90 Å². The molecule has 1 rings (SSSR count). The highest BCUT2D eigenvalue weighted by molar-refractivity contribution is 4.95. The molecule has 0 bridgehead atoms. The molecule has 1 saturated heterocycles. The van der Waals surface area contributed by atoms with Crippen LogP contribution in [0.15, 0.2) is 11.6 Å². The molecule has 0 aromatic carbocycles. The Labute approximate surface area is 80.6 Å². The lowest BCUT2D eigenvalue weighted by Crippen LogP contribution is -2.40. The Bertz CT molecular complexity index is 185. The topological polar surface area (TPSA) is 3.24 Å². The second kappa shape index (κ2) is 4.75. The molecule has 1 heterocycles. The minimum Gasteiger partial charge on any atom is -0.297 e. The van der Waals surface area contributed by atoms with Gasteiger partial charge in [-0.05, 0) is 32.7 Å². The summed E-state index contributed by atoms with van der Waals surface area (Å²) < 4.78 is 13.3. The lowest BCUT2D eigenvalue weighted by Gasteiger charge is -2.32. The van der Waals surface area contributed by atoms with E-state index in [9.17, 15) is 4.39 Å². The zero-order chi connectivity index (χ0) is 9.84. The van der Waals surface area contributed by atoms with Crippen LogP contribution < -0.4 is 0 Å². The van der Waals surface area contributed by atoms with Crippen LogP contribution in [-0.4, -0.2) is 30.7 Å². The van der Waals surface area contributed by atoms with Crippen LogP contribution in [0.3, 0.4) is 0 Å². The molecule has 1 aliphatic heterocycles. The van der Waals surface area contributed by atoms with Crippen LogP contribution in [0.5, 0.6) is 0 Å². The number of likely N-dealkylation sites (tertiary alicyclic amines) is 1. The van der Waals surface area contributed by atoms with E-state index >= 15 is 0 Å². The molecular formula is C11H20FN. The first-order valence-corrected chi connectivity index (χ1v) is 5.09. The highest BCUT2D eigenvalue weighted by Crippen LogP contribution is 2.19. The first kappa shape index (κ1) is 10.7. The van der Waals surface area contributed by atoms with Crippen molar-refractivity contribution < 1.29 is 4.39 Å². The maximum atomic E-state index is 13.3. The Balaban J connectivity index is 2.33. The van der Waals surface area contributed by atoms with Crippen LogP contribution in [0, 0.1) is 5.92 Å². The maximum Gasteiger partial charge on any atom is 0.115 e. The maximum absolute atomic E-state index is 13.3. The Morgan fingerprint density at radius 2 is 2.23 bits per heavy atom. The van der Waals surface area contributed by atoms with Crippen molar-refractivity contribution in [2.75, 3.05) is 19.6 Å². The fourth-order valence-electron chi connectivity index (χ4n) is 1.56. The van der Waals surface area contributed by atoms with E-state index in [1.807, 2.05) is 6.92 Å². The number of allylic oxidation sites excluding steroid dienone is 1. The summed E-state index contributed by atoms with van der Waals surface area (Å²) >= 11 is 0. The van der Waals surface area contributed by atoms with Gasteiger partial charge < -0.3 is 0 Å². The van der Waals surface area contributed by atoms with Gasteiger partial charge in [0, 0.05) is 13.1 Å². The number of nitrogens with zero attached hydrogens (tertiary/aromatic N) is 1. The minimum atomic E-state index is -0.626. The Morgan fingerprint density at radius 1 is 1.54 bits per heavy atom. The summed E-state index contributed by atoms with van der Waals surface area (Å²) in [6, 6.07) is 0. The lowest BCUT2D eigenvalue weighted by molar-refractivity contribution is 0.102. The average molecular weight is 185 g/mol. The lowest BCUT2D eigenvalue weighted by atomic mass is 9.97. The molecule has 2 unspecified atom stereocenters. The molecule has 0 aliphatic carbocycles. The summed E-state index contributed by atoms with van der Waals surface area (Å²) in [5, 5.41) is 0. The molecule has 0 aromatic rings. The summed E-state index contributed by atoms with van der Waals surface area (Å²) in [7, 11) is 0. The third-order valence-corrected chi connectivity index (χ3v) is 2.71. The van der Waals surface area contributed by atoms with E-state index < -0.39 is 6.17 Å². The normalized spacial score (nSPS) is 30.2. The van der Waals surface area contributed by atoms with E-state index in [1.165, 1.54) is 5.57 Å². The molecule has 0 radical (unpaired) electrons. The third kappa shape index (κ3) is 3.47. The van der Waals surface area contributed by atoms with Crippen molar-refractivity contribution in [2.45, 2.75) is 33.4 Å². The molecule has 1 nitrogen and oxygen atoms in total. The number of rotatable bonds is 2. The van der Waals surface area contributed by atoms with E-state index in [-0.39, 0.29) is 5.92 Å². The van der Waals surface area contributed by atoms with Gasteiger partial charge in [0.1, 0.15) is 6.17 Å². The number of halogens is 1. The summed E-state index contributed by atoms with van der Waals surface area (Å²) in [4.78, 5) is 2.19. The summed E-state index contributed by atoms with van der Waals surface area (Å²) in [5.41, 5.74) is 1.31. The largest absolute Gasteiger partial charge is 0.297 e. The zero-order valence-electron chi connectivity index (χ0n) is 8.89. The van der Waals surface area contributed by atoms with Gasteiger partial charge in [-0.15, -0.1) is 0 Å². The van der Waals surface area contributed by atoms with Gasteiger partial charge in [-0.25, -0.2) is 4.39 Å². The first-order chi connectivity index (χ1) is 6.09. The van der Waals surface area contributed by atoms with Crippen molar-refractivity contribution in [3.05, 3.63) is 11.6 Å². The SMILES string of the molecule is CC(C)=CCN1CCC(C)C(F)C1. The van der Waals surface area contributed by atoms with Crippen molar-refractivity contribution in [2.24, 2.45) is 5.92 Å². The predicted molar refractivity (Wildman–Crippen MR) is 54.5 cm³/mol. The molecule has 0 N–H and O–H groups in total. The second-order valence-corrected chi connectivity index (χ2v) is 4.32. The molecule has 1 aliphatic rings. The van der Waals surface area contributed by atoms with Gasteiger partial charge in [0.15, 0.2) is 0 Å². The number of hydrogen-bond acceptors (Lipinski definition) is 1. The molecule has 0 saturated carbocycles. The Morgan fingerprint density at radius 3 is 2.77 bits per heavy atom. The third-order valence-electron chi connectivity index (χ3n) is 2.71. The van der Waals surface area contributed by atoms with E-state index in [0.29, 0.717) is 6.54 Å². The highest BCUT2D eigenvalue weighted by Gasteiger charge is 2.24. The predicted octanol–water partition coefficient (Wildman–Crippen LogP) is 2.63. The molecule has 76 valence electrons. The van der Waals surface area contributed by atoms with Gasteiger partial charge in [0.2, 0.25) is 0 Å². The van der Waals surface area contributed by atoms with Crippen LogP contribution in [0.25, 0.3) is 0 Å².